The molecule has 4 heteroatoms. The Bertz CT molecular complexity index is 424. The molecule has 16 heavy (non-hydrogen) atoms. The van der Waals surface area contributed by atoms with Crippen LogP contribution in [0.2, 0.25) is 0 Å². The van der Waals surface area contributed by atoms with Crippen molar-refractivity contribution < 1.29 is 9.47 Å². The van der Waals surface area contributed by atoms with Crippen LogP contribution in [0, 0.1) is 18.3 Å². The number of rotatable bonds is 4. The van der Waals surface area contributed by atoms with Crippen LogP contribution in [0.1, 0.15) is 17.5 Å². The Hall–Kier alpha value is -1.73. The van der Waals surface area contributed by atoms with E-state index in [2.05, 4.69) is 11.4 Å². The molecule has 84 valence electrons. The minimum absolute atomic E-state index is 0.306. The first kappa shape index (κ1) is 10.8. The number of fused-ring (bicyclic) bond motifs is 1. The molecule has 0 aliphatic carbocycles. The van der Waals surface area contributed by atoms with Crippen LogP contribution in [0.5, 0.6) is 11.5 Å². The third kappa shape index (κ3) is 2.26. The smallest absolute Gasteiger partial charge is 0.231 e. The van der Waals surface area contributed by atoms with E-state index in [1.807, 2.05) is 19.1 Å². The molecule has 0 amide bonds. The van der Waals surface area contributed by atoms with E-state index < -0.39 is 0 Å². The van der Waals surface area contributed by atoms with E-state index in [4.69, 9.17) is 14.7 Å². The molecule has 1 heterocycles. The Balaban J connectivity index is 2.02. The van der Waals surface area contributed by atoms with E-state index >= 15 is 0 Å². The average molecular weight is 218 g/mol. The highest BCUT2D eigenvalue weighted by Crippen LogP contribution is 2.34. The van der Waals surface area contributed by atoms with Crippen molar-refractivity contribution in [1.82, 2.24) is 5.32 Å². The lowest BCUT2D eigenvalue weighted by molar-refractivity contribution is 0.174. The zero-order chi connectivity index (χ0) is 11.4. The van der Waals surface area contributed by atoms with Crippen LogP contribution in [-0.2, 0) is 6.54 Å². The van der Waals surface area contributed by atoms with Crippen molar-refractivity contribution in [3.05, 3.63) is 23.3 Å². The highest BCUT2D eigenvalue weighted by atomic mass is 16.7. The second kappa shape index (κ2) is 4.86. The van der Waals surface area contributed by atoms with Gasteiger partial charge in [0, 0.05) is 19.5 Å². The molecule has 2 rings (SSSR count). The SMILES string of the molecule is Cc1cc2c(cc1CNCCC#N)OCO2. The summed E-state index contributed by atoms with van der Waals surface area (Å²) in [6.07, 6.45) is 0.531. The van der Waals surface area contributed by atoms with Crippen molar-refractivity contribution in [2.75, 3.05) is 13.3 Å². The molecule has 0 unspecified atom stereocenters. The molecule has 0 spiro atoms. The van der Waals surface area contributed by atoms with Gasteiger partial charge < -0.3 is 14.8 Å². The van der Waals surface area contributed by atoms with E-state index in [1.54, 1.807) is 0 Å². The van der Waals surface area contributed by atoms with Crippen LogP contribution in [-0.4, -0.2) is 13.3 Å². The molecule has 1 aromatic carbocycles. The van der Waals surface area contributed by atoms with Crippen molar-refractivity contribution in [3.63, 3.8) is 0 Å². The number of hydrogen-bond acceptors (Lipinski definition) is 4. The molecule has 0 bridgehead atoms. The number of nitrogens with one attached hydrogen (secondary N) is 1. The molecule has 0 fully saturated rings. The molecule has 1 aliphatic heterocycles. The molecular formula is C12H14N2O2. The van der Waals surface area contributed by atoms with Crippen molar-refractivity contribution >= 4 is 0 Å². The molecule has 0 atom stereocenters. The number of nitrogens with zero attached hydrogens (tertiary/aromatic N) is 1. The zero-order valence-electron chi connectivity index (χ0n) is 9.25. The van der Waals surface area contributed by atoms with Gasteiger partial charge in [0.1, 0.15) is 0 Å². The number of aryl methyl sites for hydroxylation is 1. The fourth-order valence-corrected chi connectivity index (χ4v) is 1.64. The molecule has 0 aromatic heterocycles. The monoisotopic (exact) mass is 218 g/mol. The first-order valence-electron chi connectivity index (χ1n) is 5.28. The van der Waals surface area contributed by atoms with E-state index in [-0.39, 0.29) is 0 Å². The van der Waals surface area contributed by atoms with Crippen LogP contribution in [0.15, 0.2) is 12.1 Å². The quantitative estimate of drug-likeness (QED) is 0.782. The van der Waals surface area contributed by atoms with E-state index in [0.717, 1.165) is 18.0 Å². The summed E-state index contributed by atoms with van der Waals surface area (Å²) in [4.78, 5) is 0. The first-order chi connectivity index (χ1) is 7.81. The predicted molar refractivity (Wildman–Crippen MR) is 59.2 cm³/mol. The summed E-state index contributed by atoms with van der Waals surface area (Å²) in [7, 11) is 0. The van der Waals surface area contributed by atoms with Gasteiger partial charge >= 0.3 is 0 Å². The lowest BCUT2D eigenvalue weighted by Gasteiger charge is -2.08. The summed E-state index contributed by atoms with van der Waals surface area (Å²) in [6.45, 7) is 3.82. The highest BCUT2D eigenvalue weighted by molar-refractivity contribution is 5.48. The summed E-state index contributed by atoms with van der Waals surface area (Å²) < 4.78 is 10.6. The minimum Gasteiger partial charge on any atom is -0.454 e. The topological polar surface area (TPSA) is 54.3 Å². The van der Waals surface area contributed by atoms with Crippen molar-refractivity contribution in [1.29, 1.82) is 5.26 Å². The Morgan fingerprint density at radius 1 is 1.38 bits per heavy atom. The van der Waals surface area contributed by atoms with E-state index in [1.165, 1.54) is 11.1 Å². The number of hydrogen-bond donors (Lipinski definition) is 1. The third-order valence-corrected chi connectivity index (χ3v) is 2.56. The van der Waals surface area contributed by atoms with Crippen molar-refractivity contribution in [3.8, 4) is 17.6 Å². The van der Waals surface area contributed by atoms with Crippen LogP contribution in [0.25, 0.3) is 0 Å². The lowest BCUT2D eigenvalue weighted by atomic mass is 10.1. The fourth-order valence-electron chi connectivity index (χ4n) is 1.64. The molecule has 0 radical (unpaired) electrons. The standard InChI is InChI=1S/C12H14N2O2/c1-9-5-11-12(16-8-15-11)6-10(9)7-14-4-2-3-13/h5-6,14H,2,4,7-8H2,1H3. The van der Waals surface area contributed by atoms with Gasteiger partial charge in [-0.25, -0.2) is 0 Å². The maximum Gasteiger partial charge on any atom is 0.231 e. The van der Waals surface area contributed by atoms with Gasteiger partial charge in [0.05, 0.1) is 6.07 Å². The molecule has 1 aliphatic rings. The van der Waals surface area contributed by atoms with Crippen molar-refractivity contribution in [2.45, 2.75) is 19.9 Å². The fraction of sp³-hybridized carbons (Fsp3) is 0.417. The molecule has 0 saturated heterocycles. The van der Waals surface area contributed by atoms with E-state index in [9.17, 15) is 0 Å². The Morgan fingerprint density at radius 2 is 2.12 bits per heavy atom. The van der Waals surface area contributed by atoms with Gasteiger partial charge in [-0.2, -0.15) is 5.26 Å². The second-order valence-electron chi connectivity index (χ2n) is 3.72. The number of benzene rings is 1. The second-order valence-corrected chi connectivity index (χ2v) is 3.72. The maximum absolute atomic E-state index is 8.42. The summed E-state index contributed by atoms with van der Waals surface area (Å²) >= 11 is 0. The van der Waals surface area contributed by atoms with Crippen molar-refractivity contribution in [2.24, 2.45) is 0 Å². The molecule has 1 N–H and O–H groups in total. The van der Waals surface area contributed by atoms with Crippen LogP contribution < -0.4 is 14.8 Å². The van der Waals surface area contributed by atoms with Gasteiger partial charge in [-0.1, -0.05) is 0 Å². The predicted octanol–water partition coefficient (Wildman–Crippen LogP) is 1.73. The Morgan fingerprint density at radius 3 is 2.88 bits per heavy atom. The first-order valence-corrected chi connectivity index (χ1v) is 5.28. The van der Waals surface area contributed by atoms with Gasteiger partial charge in [0.25, 0.3) is 0 Å². The largest absolute Gasteiger partial charge is 0.454 e. The highest BCUT2D eigenvalue weighted by Gasteiger charge is 2.15. The zero-order valence-corrected chi connectivity index (χ0v) is 9.25. The molecule has 1 aromatic rings. The lowest BCUT2D eigenvalue weighted by Crippen LogP contribution is -2.14. The summed E-state index contributed by atoms with van der Waals surface area (Å²) in [5.74, 6) is 1.63. The van der Waals surface area contributed by atoms with Gasteiger partial charge in [0.15, 0.2) is 11.5 Å². The molecular weight excluding hydrogens is 204 g/mol. The van der Waals surface area contributed by atoms with E-state index in [0.29, 0.717) is 19.8 Å². The Labute approximate surface area is 94.8 Å². The van der Waals surface area contributed by atoms with Gasteiger partial charge in [0.2, 0.25) is 6.79 Å². The average Bonchev–Trinajstić information content (AvgIpc) is 2.71. The summed E-state index contributed by atoms with van der Waals surface area (Å²) in [6, 6.07) is 6.09. The normalized spacial score (nSPS) is 12.5. The number of ether oxygens (including phenoxy) is 2. The summed E-state index contributed by atoms with van der Waals surface area (Å²) in [5.41, 5.74) is 2.36. The molecule has 4 nitrogen and oxygen atoms in total. The number of nitriles is 1. The van der Waals surface area contributed by atoms with Gasteiger partial charge in [-0.3, -0.25) is 0 Å². The van der Waals surface area contributed by atoms with Crippen LogP contribution in [0.4, 0.5) is 0 Å². The van der Waals surface area contributed by atoms with Crippen LogP contribution >= 0.6 is 0 Å². The van der Waals surface area contributed by atoms with Gasteiger partial charge in [-0.05, 0) is 30.2 Å². The third-order valence-electron chi connectivity index (χ3n) is 2.56. The Kier molecular flexibility index (Phi) is 3.28. The van der Waals surface area contributed by atoms with Crippen LogP contribution in [0.3, 0.4) is 0 Å². The summed E-state index contributed by atoms with van der Waals surface area (Å²) in [5, 5.41) is 11.6. The minimum atomic E-state index is 0.306. The molecule has 0 saturated carbocycles. The maximum atomic E-state index is 8.42. The van der Waals surface area contributed by atoms with Gasteiger partial charge in [-0.15, -0.1) is 0 Å².